The number of hydrogen-bond donors (Lipinski definition) is 1. The van der Waals surface area contributed by atoms with Gasteiger partial charge in [-0.2, -0.15) is 0 Å². The summed E-state index contributed by atoms with van der Waals surface area (Å²) < 4.78 is 0. The Labute approximate surface area is 119 Å². The number of benzene rings is 1. The van der Waals surface area contributed by atoms with Crippen LogP contribution in [-0.4, -0.2) is 18.6 Å². The van der Waals surface area contributed by atoms with Gasteiger partial charge in [0.25, 0.3) is 0 Å². The van der Waals surface area contributed by atoms with E-state index in [4.69, 9.17) is 4.98 Å². The largest absolute Gasteiger partial charge is 0.319 e. The van der Waals surface area contributed by atoms with Gasteiger partial charge in [-0.15, -0.1) is 11.3 Å². The summed E-state index contributed by atoms with van der Waals surface area (Å²) in [6.07, 6.45) is 0. The monoisotopic (exact) mass is 274 g/mol. The summed E-state index contributed by atoms with van der Waals surface area (Å²) in [5, 5.41) is 6.57. The van der Waals surface area contributed by atoms with Crippen molar-refractivity contribution in [2.45, 2.75) is 32.6 Å². The summed E-state index contributed by atoms with van der Waals surface area (Å²) >= 11 is 1.75. The molecule has 0 fully saturated rings. The summed E-state index contributed by atoms with van der Waals surface area (Å²) in [7, 11) is 1.98. The average molecular weight is 274 g/mol. The lowest BCUT2D eigenvalue weighted by Crippen LogP contribution is -2.14. The molecule has 0 radical (unpaired) electrons. The lowest BCUT2D eigenvalue weighted by Gasteiger charge is -2.07. The van der Waals surface area contributed by atoms with Gasteiger partial charge in [-0.05, 0) is 18.5 Å². The second kappa shape index (κ2) is 6.31. The number of likely N-dealkylation sites (N-methyl/N-ethyl adjacent to an activating group) is 1. The minimum atomic E-state index is 0.471. The zero-order valence-corrected chi connectivity index (χ0v) is 12.9. The molecule has 1 atom stereocenters. The molecule has 0 saturated carbocycles. The third-order valence-electron chi connectivity index (χ3n) is 3.33. The van der Waals surface area contributed by atoms with Crippen LogP contribution in [-0.2, 0) is 0 Å². The van der Waals surface area contributed by atoms with E-state index in [0.29, 0.717) is 11.8 Å². The molecule has 102 valence electrons. The van der Waals surface area contributed by atoms with Gasteiger partial charge in [-0.3, -0.25) is 0 Å². The van der Waals surface area contributed by atoms with Gasteiger partial charge in [0.1, 0.15) is 0 Å². The van der Waals surface area contributed by atoms with Crippen molar-refractivity contribution in [2.75, 3.05) is 13.6 Å². The number of hydrogen-bond acceptors (Lipinski definition) is 3. The quantitative estimate of drug-likeness (QED) is 0.881. The van der Waals surface area contributed by atoms with Crippen LogP contribution in [0.25, 0.3) is 11.3 Å². The maximum Gasteiger partial charge on any atom is 0.0973 e. The number of thiazole rings is 1. The number of nitrogens with zero attached hydrogens (tertiary/aromatic N) is 1. The maximum absolute atomic E-state index is 4.75. The van der Waals surface area contributed by atoms with E-state index in [9.17, 15) is 0 Å². The molecular formula is C16H22N2S. The molecule has 1 unspecified atom stereocenters. The fraction of sp³-hybridized carbons (Fsp3) is 0.438. The van der Waals surface area contributed by atoms with Crippen molar-refractivity contribution < 1.29 is 0 Å². The highest BCUT2D eigenvalue weighted by molar-refractivity contribution is 7.10. The SMILES string of the molecule is CNCC(C)c1nc(-c2ccc(C(C)C)cc2)cs1. The summed E-state index contributed by atoms with van der Waals surface area (Å²) in [6.45, 7) is 7.62. The first-order valence-electron chi connectivity index (χ1n) is 6.82. The molecule has 0 aliphatic heterocycles. The van der Waals surface area contributed by atoms with Crippen molar-refractivity contribution >= 4 is 11.3 Å². The normalized spacial score (nSPS) is 12.9. The maximum atomic E-state index is 4.75. The third kappa shape index (κ3) is 3.43. The van der Waals surface area contributed by atoms with Gasteiger partial charge >= 0.3 is 0 Å². The molecule has 2 aromatic rings. The first kappa shape index (κ1) is 14.2. The highest BCUT2D eigenvalue weighted by Crippen LogP contribution is 2.27. The van der Waals surface area contributed by atoms with Gasteiger partial charge in [0, 0.05) is 23.4 Å². The van der Waals surface area contributed by atoms with Crippen molar-refractivity contribution in [2.24, 2.45) is 0 Å². The zero-order chi connectivity index (χ0) is 13.8. The minimum Gasteiger partial charge on any atom is -0.319 e. The molecule has 0 aliphatic rings. The zero-order valence-electron chi connectivity index (χ0n) is 12.1. The van der Waals surface area contributed by atoms with E-state index in [1.807, 2.05) is 7.05 Å². The van der Waals surface area contributed by atoms with Gasteiger partial charge in [-0.1, -0.05) is 45.0 Å². The molecule has 1 N–H and O–H groups in total. The molecule has 0 bridgehead atoms. The second-order valence-electron chi connectivity index (χ2n) is 5.31. The topological polar surface area (TPSA) is 24.9 Å². The highest BCUT2D eigenvalue weighted by Gasteiger charge is 2.10. The van der Waals surface area contributed by atoms with Gasteiger partial charge in [0.05, 0.1) is 10.7 Å². The Morgan fingerprint density at radius 2 is 1.84 bits per heavy atom. The van der Waals surface area contributed by atoms with Crippen LogP contribution in [0.3, 0.4) is 0 Å². The van der Waals surface area contributed by atoms with Crippen LogP contribution in [0.1, 0.15) is 43.2 Å². The van der Waals surface area contributed by atoms with Gasteiger partial charge < -0.3 is 5.32 Å². The highest BCUT2D eigenvalue weighted by atomic mass is 32.1. The Kier molecular flexibility index (Phi) is 4.72. The summed E-state index contributed by atoms with van der Waals surface area (Å²) in [4.78, 5) is 4.75. The van der Waals surface area contributed by atoms with E-state index >= 15 is 0 Å². The van der Waals surface area contributed by atoms with E-state index in [0.717, 1.165) is 12.2 Å². The molecule has 0 saturated heterocycles. The van der Waals surface area contributed by atoms with Crippen LogP contribution in [0.2, 0.25) is 0 Å². The predicted octanol–water partition coefficient (Wildman–Crippen LogP) is 4.26. The first-order chi connectivity index (χ1) is 9.11. The van der Waals surface area contributed by atoms with E-state index in [-0.39, 0.29) is 0 Å². The Morgan fingerprint density at radius 3 is 2.42 bits per heavy atom. The predicted molar refractivity (Wildman–Crippen MR) is 84.0 cm³/mol. The van der Waals surface area contributed by atoms with Gasteiger partial charge in [0.2, 0.25) is 0 Å². The van der Waals surface area contributed by atoms with Crippen molar-refractivity contribution in [3.63, 3.8) is 0 Å². The van der Waals surface area contributed by atoms with Gasteiger partial charge in [-0.25, -0.2) is 4.98 Å². The molecule has 1 heterocycles. The number of aromatic nitrogens is 1. The third-order valence-corrected chi connectivity index (χ3v) is 4.40. The average Bonchev–Trinajstić information content (AvgIpc) is 2.89. The molecule has 19 heavy (non-hydrogen) atoms. The molecule has 0 aliphatic carbocycles. The lowest BCUT2D eigenvalue weighted by atomic mass is 10.0. The Morgan fingerprint density at radius 1 is 1.16 bits per heavy atom. The van der Waals surface area contributed by atoms with E-state index in [2.05, 4.69) is 55.7 Å². The fourth-order valence-electron chi connectivity index (χ4n) is 2.08. The smallest absolute Gasteiger partial charge is 0.0973 e. The number of rotatable bonds is 5. The van der Waals surface area contributed by atoms with Crippen LogP contribution in [0.4, 0.5) is 0 Å². The van der Waals surface area contributed by atoms with Crippen molar-refractivity contribution in [1.29, 1.82) is 0 Å². The van der Waals surface area contributed by atoms with Crippen LogP contribution in [0, 0.1) is 0 Å². The van der Waals surface area contributed by atoms with Crippen molar-refractivity contribution in [3.8, 4) is 11.3 Å². The molecule has 2 rings (SSSR count). The lowest BCUT2D eigenvalue weighted by molar-refractivity contribution is 0.674. The molecule has 1 aromatic carbocycles. The Bertz CT molecular complexity index is 514. The van der Waals surface area contributed by atoms with Crippen molar-refractivity contribution in [1.82, 2.24) is 10.3 Å². The van der Waals surface area contributed by atoms with Gasteiger partial charge in [0.15, 0.2) is 0 Å². The number of nitrogens with one attached hydrogen (secondary N) is 1. The fourth-order valence-corrected chi connectivity index (χ4v) is 2.97. The van der Waals surface area contributed by atoms with E-state index < -0.39 is 0 Å². The Hall–Kier alpha value is -1.19. The van der Waals surface area contributed by atoms with Crippen LogP contribution in [0.5, 0.6) is 0 Å². The summed E-state index contributed by atoms with van der Waals surface area (Å²) in [6, 6.07) is 8.76. The minimum absolute atomic E-state index is 0.471. The molecule has 3 heteroatoms. The first-order valence-corrected chi connectivity index (χ1v) is 7.70. The van der Waals surface area contributed by atoms with Crippen LogP contribution >= 0.6 is 11.3 Å². The molecule has 1 aromatic heterocycles. The van der Waals surface area contributed by atoms with E-state index in [1.54, 1.807) is 11.3 Å². The summed E-state index contributed by atoms with van der Waals surface area (Å²) in [5.41, 5.74) is 3.68. The molecule has 0 amide bonds. The molecule has 0 spiro atoms. The standard InChI is InChI=1S/C16H22N2S/c1-11(2)13-5-7-14(8-6-13)15-10-19-16(18-15)12(3)9-17-4/h5-8,10-12,17H,9H2,1-4H3. The van der Waals surface area contributed by atoms with Crippen LogP contribution in [0.15, 0.2) is 29.6 Å². The second-order valence-corrected chi connectivity index (χ2v) is 6.20. The molecular weight excluding hydrogens is 252 g/mol. The Balaban J connectivity index is 2.18. The molecule has 2 nitrogen and oxygen atoms in total. The summed E-state index contributed by atoms with van der Waals surface area (Å²) in [5.74, 6) is 1.05. The van der Waals surface area contributed by atoms with Crippen molar-refractivity contribution in [3.05, 3.63) is 40.2 Å². The van der Waals surface area contributed by atoms with E-state index in [1.165, 1.54) is 16.1 Å². The van der Waals surface area contributed by atoms with Crippen LogP contribution < -0.4 is 5.32 Å².